The SMILES string of the molecule is CC(C)(Cc1cccc(C(=O)O)c1)[Si](C)(C)O. The number of benzene rings is 1. The molecule has 0 bridgehead atoms. The van der Waals surface area contributed by atoms with Gasteiger partial charge in [0, 0.05) is 0 Å². The number of carboxylic acids is 1. The van der Waals surface area contributed by atoms with Crippen molar-refractivity contribution in [3.63, 3.8) is 0 Å². The van der Waals surface area contributed by atoms with Crippen molar-refractivity contribution in [2.24, 2.45) is 0 Å². The topological polar surface area (TPSA) is 57.5 Å². The van der Waals surface area contributed by atoms with Crippen molar-refractivity contribution in [2.75, 3.05) is 0 Å². The molecule has 0 fully saturated rings. The molecule has 1 rings (SSSR count). The lowest BCUT2D eigenvalue weighted by Crippen LogP contribution is -2.40. The zero-order valence-corrected chi connectivity index (χ0v) is 11.8. The number of aromatic carboxylic acids is 1. The molecule has 0 aliphatic rings. The van der Waals surface area contributed by atoms with E-state index >= 15 is 0 Å². The average molecular weight is 252 g/mol. The summed E-state index contributed by atoms with van der Waals surface area (Å²) in [5.41, 5.74) is 1.26. The van der Waals surface area contributed by atoms with Crippen LogP contribution < -0.4 is 0 Å². The predicted molar refractivity (Wildman–Crippen MR) is 70.8 cm³/mol. The molecule has 17 heavy (non-hydrogen) atoms. The summed E-state index contributed by atoms with van der Waals surface area (Å²) in [7, 11) is -2.26. The first-order valence-corrected chi connectivity index (χ1v) is 8.63. The highest BCUT2D eigenvalue weighted by atomic mass is 28.4. The molecule has 1 aromatic rings. The molecule has 0 unspecified atom stereocenters. The fourth-order valence-electron chi connectivity index (χ4n) is 1.54. The minimum absolute atomic E-state index is 0.176. The summed E-state index contributed by atoms with van der Waals surface area (Å²) in [6.07, 6.45) is 0.698. The van der Waals surface area contributed by atoms with Gasteiger partial charge in [-0.3, -0.25) is 0 Å². The molecular formula is C13H20O3Si. The molecule has 2 N–H and O–H groups in total. The zero-order chi connectivity index (χ0) is 13.3. The van der Waals surface area contributed by atoms with E-state index in [2.05, 4.69) is 0 Å². The minimum Gasteiger partial charge on any atom is -0.478 e. The lowest BCUT2D eigenvalue weighted by molar-refractivity contribution is 0.0696. The Morgan fingerprint density at radius 2 is 1.94 bits per heavy atom. The molecule has 0 saturated heterocycles. The van der Waals surface area contributed by atoms with Crippen molar-refractivity contribution < 1.29 is 14.7 Å². The quantitative estimate of drug-likeness (QED) is 0.810. The van der Waals surface area contributed by atoms with Gasteiger partial charge in [0.2, 0.25) is 0 Å². The molecule has 4 heteroatoms. The van der Waals surface area contributed by atoms with Crippen LogP contribution in [0.4, 0.5) is 0 Å². The first-order valence-electron chi connectivity index (χ1n) is 5.68. The molecule has 0 aromatic heterocycles. The summed E-state index contributed by atoms with van der Waals surface area (Å²) in [5, 5.41) is 8.75. The van der Waals surface area contributed by atoms with Gasteiger partial charge >= 0.3 is 5.97 Å². The van der Waals surface area contributed by atoms with Crippen molar-refractivity contribution in [1.29, 1.82) is 0 Å². The Morgan fingerprint density at radius 3 is 2.41 bits per heavy atom. The molecule has 0 aliphatic heterocycles. The molecule has 1 aromatic carbocycles. The molecular weight excluding hydrogens is 232 g/mol. The third kappa shape index (κ3) is 3.41. The molecule has 0 heterocycles. The van der Waals surface area contributed by atoms with E-state index in [0.29, 0.717) is 12.0 Å². The highest BCUT2D eigenvalue weighted by Crippen LogP contribution is 2.38. The Bertz CT molecular complexity index is 419. The lowest BCUT2D eigenvalue weighted by Gasteiger charge is -2.35. The van der Waals surface area contributed by atoms with E-state index in [-0.39, 0.29) is 5.04 Å². The second-order valence-electron chi connectivity index (χ2n) is 5.63. The number of hydrogen-bond donors (Lipinski definition) is 2. The molecule has 3 nitrogen and oxygen atoms in total. The van der Waals surface area contributed by atoms with Crippen LogP contribution in [0.25, 0.3) is 0 Å². The van der Waals surface area contributed by atoms with E-state index in [1.54, 1.807) is 18.2 Å². The smallest absolute Gasteiger partial charge is 0.335 e. The van der Waals surface area contributed by atoms with Gasteiger partial charge in [-0.15, -0.1) is 0 Å². The number of rotatable bonds is 4. The first kappa shape index (κ1) is 13.9. The molecule has 0 atom stereocenters. The molecule has 0 spiro atoms. The van der Waals surface area contributed by atoms with E-state index in [1.807, 2.05) is 33.0 Å². The van der Waals surface area contributed by atoms with Crippen LogP contribution in [0.15, 0.2) is 24.3 Å². The highest BCUT2D eigenvalue weighted by molar-refractivity contribution is 6.72. The van der Waals surface area contributed by atoms with Crippen molar-refractivity contribution in [2.45, 2.75) is 38.4 Å². The van der Waals surface area contributed by atoms with Gasteiger partial charge in [0.1, 0.15) is 0 Å². The fourth-order valence-corrected chi connectivity index (χ4v) is 2.18. The maximum atomic E-state index is 10.9. The van der Waals surface area contributed by atoms with Crippen molar-refractivity contribution >= 4 is 14.3 Å². The van der Waals surface area contributed by atoms with Gasteiger partial charge in [-0.1, -0.05) is 26.0 Å². The van der Waals surface area contributed by atoms with Gasteiger partial charge in [-0.2, -0.15) is 0 Å². The Labute approximate surface area is 103 Å². The van der Waals surface area contributed by atoms with Crippen molar-refractivity contribution in [3.05, 3.63) is 35.4 Å². The van der Waals surface area contributed by atoms with Gasteiger partial charge < -0.3 is 9.90 Å². The lowest BCUT2D eigenvalue weighted by atomic mass is 10.00. The van der Waals surface area contributed by atoms with Crippen LogP contribution >= 0.6 is 0 Å². The van der Waals surface area contributed by atoms with E-state index in [0.717, 1.165) is 5.56 Å². The third-order valence-electron chi connectivity index (χ3n) is 3.48. The maximum absolute atomic E-state index is 10.9. The average Bonchev–Trinajstić information content (AvgIpc) is 2.15. The summed E-state index contributed by atoms with van der Waals surface area (Å²) in [6, 6.07) is 6.93. The Morgan fingerprint density at radius 1 is 1.35 bits per heavy atom. The Balaban J connectivity index is 2.96. The standard InChI is InChI=1S/C13H20O3Si/c1-13(2,17(3,4)16)9-10-6-5-7-11(8-10)12(14)15/h5-8,16H,9H2,1-4H3,(H,14,15). The Hall–Kier alpha value is -1.13. The third-order valence-corrected chi connectivity index (χ3v) is 6.97. The predicted octanol–water partition coefficient (Wildman–Crippen LogP) is 2.90. The summed E-state index contributed by atoms with van der Waals surface area (Å²) in [5.74, 6) is -0.912. The first-order chi connectivity index (χ1) is 7.63. The second kappa shape index (κ2) is 4.62. The van der Waals surface area contributed by atoms with Gasteiger partial charge in [-0.05, 0) is 42.2 Å². The van der Waals surface area contributed by atoms with Crippen molar-refractivity contribution in [3.8, 4) is 0 Å². The van der Waals surface area contributed by atoms with Crippen LogP contribution in [0.2, 0.25) is 18.1 Å². The van der Waals surface area contributed by atoms with Gasteiger partial charge in [0.25, 0.3) is 0 Å². The number of carbonyl (C=O) groups is 1. The van der Waals surface area contributed by atoms with Crippen molar-refractivity contribution in [1.82, 2.24) is 0 Å². The summed E-state index contributed by atoms with van der Waals surface area (Å²) < 4.78 is 0. The summed E-state index contributed by atoms with van der Waals surface area (Å²) in [4.78, 5) is 21.1. The minimum atomic E-state index is -2.26. The summed E-state index contributed by atoms with van der Waals surface area (Å²) in [6.45, 7) is 7.89. The molecule has 0 aliphatic carbocycles. The van der Waals surface area contributed by atoms with E-state index in [9.17, 15) is 9.59 Å². The molecule has 0 radical (unpaired) electrons. The Kier molecular flexibility index (Phi) is 3.79. The number of carboxylic acid groups (broad SMARTS) is 1. The zero-order valence-electron chi connectivity index (χ0n) is 10.8. The molecule has 0 amide bonds. The van der Waals surface area contributed by atoms with Crippen LogP contribution in [-0.2, 0) is 6.42 Å². The molecule has 94 valence electrons. The summed E-state index contributed by atoms with van der Waals surface area (Å²) >= 11 is 0. The van der Waals surface area contributed by atoms with Crippen LogP contribution in [0.5, 0.6) is 0 Å². The number of hydrogen-bond acceptors (Lipinski definition) is 2. The highest BCUT2D eigenvalue weighted by Gasteiger charge is 2.37. The second-order valence-corrected chi connectivity index (χ2v) is 10.1. The van der Waals surface area contributed by atoms with Crippen LogP contribution in [-0.4, -0.2) is 24.2 Å². The maximum Gasteiger partial charge on any atom is 0.335 e. The fraction of sp³-hybridized carbons (Fsp3) is 0.462. The van der Waals surface area contributed by atoms with Crippen LogP contribution in [0.3, 0.4) is 0 Å². The van der Waals surface area contributed by atoms with E-state index in [1.165, 1.54) is 0 Å². The molecule has 0 saturated carbocycles. The largest absolute Gasteiger partial charge is 0.478 e. The van der Waals surface area contributed by atoms with E-state index in [4.69, 9.17) is 5.11 Å². The van der Waals surface area contributed by atoms with Gasteiger partial charge in [0.05, 0.1) is 5.56 Å². The monoisotopic (exact) mass is 252 g/mol. The van der Waals surface area contributed by atoms with Crippen LogP contribution in [0, 0.1) is 0 Å². The van der Waals surface area contributed by atoms with Crippen LogP contribution in [0.1, 0.15) is 29.8 Å². The van der Waals surface area contributed by atoms with E-state index < -0.39 is 14.3 Å². The normalized spacial score (nSPS) is 12.5. The van der Waals surface area contributed by atoms with Gasteiger partial charge in [-0.25, -0.2) is 4.79 Å². The van der Waals surface area contributed by atoms with Gasteiger partial charge in [0.15, 0.2) is 8.32 Å².